The van der Waals surface area contributed by atoms with Crippen molar-refractivity contribution in [3.63, 3.8) is 0 Å². The highest BCUT2D eigenvalue weighted by Crippen LogP contribution is 2.50. The summed E-state index contributed by atoms with van der Waals surface area (Å²) in [4.78, 5) is 18.7. The molecule has 0 radical (unpaired) electrons. The first-order chi connectivity index (χ1) is 18.7. The van der Waals surface area contributed by atoms with Crippen LogP contribution in [-0.4, -0.2) is 52.4 Å². The second kappa shape index (κ2) is 9.42. The predicted octanol–water partition coefficient (Wildman–Crippen LogP) is 3.64. The van der Waals surface area contributed by atoms with Crippen molar-refractivity contribution in [1.82, 2.24) is 19.7 Å². The number of nitriles is 1. The molecule has 1 saturated heterocycles. The van der Waals surface area contributed by atoms with Gasteiger partial charge in [0.2, 0.25) is 0 Å². The Hall–Kier alpha value is -3.94. The molecule has 3 aromatic rings. The number of hydrogen-bond donors (Lipinski definition) is 0. The van der Waals surface area contributed by atoms with Gasteiger partial charge in [0.1, 0.15) is 23.9 Å². The minimum absolute atomic E-state index is 0.00217. The lowest BCUT2D eigenvalue weighted by molar-refractivity contribution is -0.0164. The largest absolute Gasteiger partial charge is 0.467 e. The summed E-state index contributed by atoms with van der Waals surface area (Å²) < 4.78 is 23.6. The summed E-state index contributed by atoms with van der Waals surface area (Å²) in [7, 11) is 0. The molecule has 3 aliphatic heterocycles. The second-order valence-corrected chi connectivity index (χ2v) is 10.5. The molecule has 0 spiro atoms. The van der Waals surface area contributed by atoms with E-state index in [2.05, 4.69) is 46.5 Å². The Balaban J connectivity index is 1.16. The third-order valence-corrected chi connectivity index (χ3v) is 8.32. The lowest BCUT2D eigenvalue weighted by atomic mass is 9.78. The number of hydrogen-bond acceptors (Lipinski definition) is 8. The molecule has 0 bridgehead atoms. The molecule has 2 aromatic carbocycles. The minimum atomic E-state index is -0.217. The monoisotopic (exact) mass is 513 g/mol. The Kier molecular flexibility index (Phi) is 5.75. The summed E-state index contributed by atoms with van der Waals surface area (Å²) in [6.45, 7) is 3.04. The van der Waals surface area contributed by atoms with Crippen molar-refractivity contribution in [3.05, 3.63) is 70.8 Å². The molecule has 4 aliphatic rings. The van der Waals surface area contributed by atoms with Crippen LogP contribution in [0.5, 0.6) is 11.5 Å². The first-order valence-corrected chi connectivity index (χ1v) is 12.9. The van der Waals surface area contributed by atoms with E-state index >= 15 is 0 Å². The van der Waals surface area contributed by atoms with Crippen molar-refractivity contribution >= 4 is 6.03 Å². The van der Waals surface area contributed by atoms with Crippen LogP contribution >= 0.6 is 0 Å². The van der Waals surface area contributed by atoms with Gasteiger partial charge in [-0.3, -0.25) is 0 Å². The van der Waals surface area contributed by atoms with Crippen LogP contribution < -0.4 is 9.47 Å². The van der Waals surface area contributed by atoms with Crippen LogP contribution in [-0.2, 0) is 22.7 Å². The molecule has 1 saturated carbocycles. The lowest BCUT2D eigenvalue weighted by Crippen LogP contribution is -2.34. The number of fused-ring (bicyclic) bond motifs is 3. The molecule has 2 unspecified atom stereocenters. The van der Waals surface area contributed by atoms with E-state index in [-0.39, 0.29) is 31.4 Å². The number of carbonyl (C=O) groups excluding carboxylic acids is 1. The van der Waals surface area contributed by atoms with Crippen molar-refractivity contribution in [2.24, 2.45) is 17.8 Å². The van der Waals surface area contributed by atoms with Crippen LogP contribution in [0.1, 0.15) is 46.8 Å². The molecule has 2 fully saturated rings. The van der Waals surface area contributed by atoms with Gasteiger partial charge in [-0.2, -0.15) is 9.94 Å². The van der Waals surface area contributed by atoms with E-state index in [1.165, 1.54) is 22.1 Å². The Bertz CT molecular complexity index is 1360. The Morgan fingerprint density at radius 2 is 1.55 bits per heavy atom. The van der Waals surface area contributed by atoms with E-state index in [0.29, 0.717) is 44.1 Å². The molecule has 4 heterocycles. The highest BCUT2D eigenvalue weighted by Gasteiger charge is 2.45. The van der Waals surface area contributed by atoms with Crippen LogP contribution in [0.4, 0.5) is 4.79 Å². The zero-order chi connectivity index (χ0) is 25.6. The van der Waals surface area contributed by atoms with Crippen molar-refractivity contribution in [2.45, 2.75) is 32.0 Å². The Labute approximate surface area is 219 Å². The molecule has 1 aromatic heterocycles. The smallest absolute Gasteiger partial charge is 0.346 e. The fourth-order valence-electron chi connectivity index (χ4n) is 6.67. The predicted molar refractivity (Wildman–Crippen MR) is 132 cm³/mol. The molecular formula is C28H27N5O5. The van der Waals surface area contributed by atoms with E-state index < -0.39 is 0 Å². The Morgan fingerprint density at radius 1 is 0.947 bits per heavy atom. The van der Waals surface area contributed by atoms with Crippen LogP contribution in [0.2, 0.25) is 0 Å². The van der Waals surface area contributed by atoms with Gasteiger partial charge in [0.25, 0.3) is 5.82 Å². The van der Waals surface area contributed by atoms with Gasteiger partial charge in [-0.05, 0) is 66.0 Å². The van der Waals surface area contributed by atoms with Crippen molar-refractivity contribution in [1.29, 1.82) is 5.26 Å². The lowest BCUT2D eigenvalue weighted by Gasteiger charge is -2.29. The summed E-state index contributed by atoms with van der Waals surface area (Å²) in [5, 5.41) is 13.0. The normalized spacial score (nSPS) is 23.7. The number of nitrogens with zero attached hydrogens (tertiary/aromatic N) is 5. The van der Waals surface area contributed by atoms with Crippen LogP contribution in [0.15, 0.2) is 42.7 Å². The number of aromatic nitrogens is 3. The fraction of sp³-hybridized carbons (Fsp3) is 0.429. The summed E-state index contributed by atoms with van der Waals surface area (Å²) in [5.74, 6) is 3.22. The third-order valence-electron chi connectivity index (χ3n) is 8.32. The Morgan fingerprint density at radius 3 is 2.11 bits per heavy atom. The number of amides is 1. The number of likely N-dealkylation sites (tertiary alicyclic amines) is 1. The van der Waals surface area contributed by atoms with Gasteiger partial charge in [-0.1, -0.05) is 12.1 Å². The molecule has 7 rings (SSSR count). The molecule has 194 valence electrons. The number of benzene rings is 2. The molecule has 38 heavy (non-hydrogen) atoms. The van der Waals surface area contributed by atoms with Crippen molar-refractivity contribution < 1.29 is 23.7 Å². The topological polar surface area (TPSA) is 112 Å². The molecule has 1 aliphatic carbocycles. The SMILES string of the molecule is N#Cc1ncn(C(=O)N2CC3CC(C(c4ccc5c(c4)COCO5)c4ccc5c(c4)COCO5)CC3C2)n1. The molecule has 0 N–H and O–H groups in total. The van der Waals surface area contributed by atoms with Crippen LogP contribution in [0.3, 0.4) is 0 Å². The number of carbonyl (C=O) groups is 1. The molecule has 2 atom stereocenters. The summed E-state index contributed by atoms with van der Waals surface area (Å²) in [5.41, 5.74) is 4.64. The molecule has 10 nitrogen and oxygen atoms in total. The number of rotatable bonds is 3. The van der Waals surface area contributed by atoms with E-state index in [0.717, 1.165) is 35.5 Å². The van der Waals surface area contributed by atoms with E-state index in [1.807, 2.05) is 11.0 Å². The maximum absolute atomic E-state index is 13.0. The number of ether oxygens (including phenoxy) is 4. The van der Waals surface area contributed by atoms with Gasteiger partial charge in [0.15, 0.2) is 13.6 Å². The van der Waals surface area contributed by atoms with E-state index in [1.54, 1.807) is 0 Å². The quantitative estimate of drug-likeness (QED) is 0.522. The van der Waals surface area contributed by atoms with Gasteiger partial charge in [0, 0.05) is 30.1 Å². The van der Waals surface area contributed by atoms with Gasteiger partial charge in [-0.15, -0.1) is 5.10 Å². The van der Waals surface area contributed by atoms with Gasteiger partial charge in [0.05, 0.1) is 13.2 Å². The summed E-state index contributed by atoms with van der Waals surface area (Å²) in [6.07, 6.45) is 3.36. The molecule has 1 amide bonds. The zero-order valence-corrected chi connectivity index (χ0v) is 20.8. The minimum Gasteiger partial charge on any atom is -0.467 e. The maximum atomic E-state index is 13.0. The molecular weight excluding hydrogens is 486 g/mol. The van der Waals surface area contributed by atoms with Gasteiger partial charge >= 0.3 is 6.03 Å². The zero-order valence-electron chi connectivity index (χ0n) is 20.8. The second-order valence-electron chi connectivity index (χ2n) is 10.5. The van der Waals surface area contributed by atoms with E-state index in [9.17, 15) is 4.79 Å². The summed E-state index contributed by atoms with van der Waals surface area (Å²) >= 11 is 0. The average Bonchev–Trinajstić information content (AvgIpc) is 3.68. The van der Waals surface area contributed by atoms with Crippen LogP contribution in [0.25, 0.3) is 0 Å². The first kappa shape index (κ1) is 23.2. The first-order valence-electron chi connectivity index (χ1n) is 12.9. The maximum Gasteiger partial charge on any atom is 0.346 e. The van der Waals surface area contributed by atoms with Gasteiger partial charge in [-0.25, -0.2) is 9.78 Å². The van der Waals surface area contributed by atoms with E-state index in [4.69, 9.17) is 24.2 Å². The van der Waals surface area contributed by atoms with Crippen molar-refractivity contribution in [3.8, 4) is 17.6 Å². The highest BCUT2D eigenvalue weighted by molar-refractivity contribution is 5.76. The van der Waals surface area contributed by atoms with Gasteiger partial charge < -0.3 is 23.8 Å². The summed E-state index contributed by atoms with van der Waals surface area (Å²) in [6, 6.07) is 14.6. The standard InChI is InChI=1S/C28H27N5O5/c29-9-26-30-14-33(31-26)28(34)32-10-20-7-19(8-21(20)11-32)27(17-1-3-24-22(5-17)12-35-15-37-24)18-2-4-25-23(6-18)13-36-16-38-25/h1-6,14,19-21,27H,7-8,10-13,15-16H2. The average molecular weight is 514 g/mol. The fourth-order valence-corrected chi connectivity index (χ4v) is 6.67. The third kappa shape index (κ3) is 4.08. The molecule has 10 heteroatoms. The van der Waals surface area contributed by atoms with Crippen molar-refractivity contribution in [2.75, 3.05) is 26.7 Å². The van der Waals surface area contributed by atoms with Crippen LogP contribution in [0, 0.1) is 29.1 Å². The highest BCUT2D eigenvalue weighted by atomic mass is 16.7.